The summed E-state index contributed by atoms with van der Waals surface area (Å²) in [6, 6.07) is 6.04. The average Bonchev–Trinajstić information content (AvgIpc) is 2.48. The summed E-state index contributed by atoms with van der Waals surface area (Å²) >= 11 is 3.48. The second-order valence-electron chi connectivity index (χ2n) is 4.80. The average molecular weight is 342 g/mol. The van der Waals surface area contributed by atoms with Crippen molar-refractivity contribution in [2.75, 3.05) is 0 Å². The highest BCUT2D eigenvalue weighted by molar-refractivity contribution is 9.10. The van der Waals surface area contributed by atoms with Gasteiger partial charge in [0.2, 0.25) is 0 Å². The zero-order chi connectivity index (χ0) is 15.5. The Bertz CT molecular complexity index is 582. The molecule has 0 unspecified atom stereocenters. The summed E-state index contributed by atoms with van der Waals surface area (Å²) in [5.41, 5.74) is 2.12. The van der Waals surface area contributed by atoms with Crippen LogP contribution < -0.4 is 0 Å². The summed E-state index contributed by atoms with van der Waals surface area (Å²) in [6.07, 6.45) is 6.18. The normalized spacial score (nSPS) is 9.05. The first-order valence-electron chi connectivity index (χ1n) is 7.44. The first kappa shape index (κ1) is 17.4. The molecule has 1 aromatic carbocycles. The molecule has 108 valence electrons. The molecule has 0 fully saturated rings. The lowest BCUT2D eigenvalue weighted by Gasteiger charge is -2.01. The molecular formula is C19H20BrN. The van der Waals surface area contributed by atoms with Crippen LogP contribution in [0.15, 0.2) is 16.6 Å². The van der Waals surface area contributed by atoms with Gasteiger partial charge in [-0.05, 0) is 25.0 Å². The number of unbranched alkanes of at least 4 members (excludes halogenated alkanes) is 4. The smallest absolute Gasteiger partial charge is 0.102 e. The van der Waals surface area contributed by atoms with Crippen molar-refractivity contribution in [1.29, 1.82) is 5.26 Å². The monoisotopic (exact) mass is 341 g/mol. The van der Waals surface area contributed by atoms with Gasteiger partial charge in [-0.15, -0.1) is 0 Å². The summed E-state index contributed by atoms with van der Waals surface area (Å²) in [5, 5.41) is 9.39. The first-order valence-corrected chi connectivity index (χ1v) is 8.23. The molecule has 0 aromatic heterocycles. The Morgan fingerprint density at radius 3 is 1.81 bits per heavy atom. The van der Waals surface area contributed by atoms with Gasteiger partial charge in [-0.2, -0.15) is 5.26 Å². The number of hydrogen-bond acceptors (Lipinski definition) is 1. The van der Waals surface area contributed by atoms with Crippen molar-refractivity contribution in [3.8, 4) is 29.8 Å². The highest BCUT2D eigenvalue weighted by atomic mass is 79.9. The maximum absolute atomic E-state index is 9.39. The van der Waals surface area contributed by atoms with E-state index in [-0.39, 0.29) is 0 Å². The summed E-state index contributed by atoms with van der Waals surface area (Å²) in [7, 11) is 0. The van der Waals surface area contributed by atoms with Crippen LogP contribution in [0, 0.1) is 35.0 Å². The van der Waals surface area contributed by atoms with Gasteiger partial charge in [0.1, 0.15) is 6.07 Å². The molecule has 1 nitrogen and oxygen atoms in total. The van der Waals surface area contributed by atoms with Gasteiger partial charge in [0.05, 0.1) is 5.56 Å². The van der Waals surface area contributed by atoms with E-state index in [1.165, 1.54) is 0 Å². The van der Waals surface area contributed by atoms with Crippen molar-refractivity contribution in [2.24, 2.45) is 0 Å². The summed E-state index contributed by atoms with van der Waals surface area (Å²) < 4.78 is 0.918. The SMILES string of the molecule is CCCCC#Cc1cc(Br)cc(C#CCCCC)c1C#N. The lowest BCUT2D eigenvalue weighted by Crippen LogP contribution is -1.90. The summed E-state index contributed by atoms with van der Waals surface area (Å²) in [6.45, 7) is 4.29. The van der Waals surface area contributed by atoms with Gasteiger partial charge < -0.3 is 0 Å². The van der Waals surface area contributed by atoms with Crippen molar-refractivity contribution < 1.29 is 0 Å². The second-order valence-corrected chi connectivity index (χ2v) is 5.71. The number of nitrogens with zero attached hydrogens (tertiary/aromatic N) is 1. The van der Waals surface area contributed by atoms with Gasteiger partial charge in [0.15, 0.2) is 0 Å². The van der Waals surface area contributed by atoms with Crippen molar-refractivity contribution in [3.63, 3.8) is 0 Å². The van der Waals surface area contributed by atoms with Crippen LogP contribution in [0.2, 0.25) is 0 Å². The molecule has 21 heavy (non-hydrogen) atoms. The highest BCUT2D eigenvalue weighted by Crippen LogP contribution is 2.20. The van der Waals surface area contributed by atoms with Crippen LogP contribution in [0.5, 0.6) is 0 Å². The Hall–Kier alpha value is -1.69. The molecule has 2 heteroatoms. The van der Waals surface area contributed by atoms with Crippen LogP contribution in [-0.2, 0) is 0 Å². The van der Waals surface area contributed by atoms with Gasteiger partial charge in [0.25, 0.3) is 0 Å². The van der Waals surface area contributed by atoms with E-state index in [9.17, 15) is 5.26 Å². The van der Waals surface area contributed by atoms with Crippen LogP contribution in [0.3, 0.4) is 0 Å². The van der Waals surface area contributed by atoms with Crippen molar-refractivity contribution in [1.82, 2.24) is 0 Å². The molecule has 0 saturated carbocycles. The highest BCUT2D eigenvalue weighted by Gasteiger charge is 2.06. The van der Waals surface area contributed by atoms with E-state index in [1.807, 2.05) is 12.1 Å². The van der Waals surface area contributed by atoms with E-state index in [2.05, 4.69) is 59.5 Å². The molecule has 0 aliphatic carbocycles. The van der Waals surface area contributed by atoms with E-state index in [1.54, 1.807) is 0 Å². The predicted molar refractivity (Wildman–Crippen MR) is 91.7 cm³/mol. The molecule has 0 spiro atoms. The molecule has 0 N–H and O–H groups in total. The third-order valence-electron chi connectivity index (χ3n) is 2.97. The zero-order valence-electron chi connectivity index (χ0n) is 12.7. The van der Waals surface area contributed by atoms with Gasteiger partial charge in [-0.3, -0.25) is 0 Å². The van der Waals surface area contributed by atoms with Crippen molar-refractivity contribution in [3.05, 3.63) is 33.3 Å². The molecule has 1 aromatic rings. The Balaban J connectivity index is 3.08. The molecule has 0 amide bonds. The maximum Gasteiger partial charge on any atom is 0.102 e. The van der Waals surface area contributed by atoms with Crippen LogP contribution in [0.25, 0.3) is 0 Å². The number of halogens is 1. The molecule has 0 atom stereocenters. The van der Waals surface area contributed by atoms with E-state index >= 15 is 0 Å². The van der Waals surface area contributed by atoms with Gasteiger partial charge in [0, 0.05) is 28.4 Å². The van der Waals surface area contributed by atoms with Crippen molar-refractivity contribution in [2.45, 2.75) is 52.4 Å². The lowest BCUT2D eigenvalue weighted by molar-refractivity contribution is 0.828. The molecule has 0 heterocycles. The molecule has 0 radical (unpaired) electrons. The van der Waals surface area contributed by atoms with E-state index < -0.39 is 0 Å². The van der Waals surface area contributed by atoms with Gasteiger partial charge >= 0.3 is 0 Å². The zero-order valence-corrected chi connectivity index (χ0v) is 14.3. The number of rotatable bonds is 4. The van der Waals surface area contributed by atoms with E-state index in [4.69, 9.17) is 0 Å². The Labute approximate surface area is 136 Å². The molecule has 0 aliphatic heterocycles. The van der Waals surface area contributed by atoms with Crippen LogP contribution in [-0.4, -0.2) is 0 Å². The number of hydrogen-bond donors (Lipinski definition) is 0. The largest absolute Gasteiger partial charge is 0.192 e. The standard InChI is InChI=1S/C19H20BrN/c1-3-5-7-9-11-16-13-18(20)14-17(19(16)15-21)12-10-8-6-4-2/h13-14H,3-8H2,1-2H3. The second kappa shape index (κ2) is 10.1. The molecule has 0 saturated heterocycles. The van der Waals surface area contributed by atoms with E-state index in [0.29, 0.717) is 5.56 Å². The fraction of sp³-hybridized carbons (Fsp3) is 0.421. The summed E-state index contributed by atoms with van der Waals surface area (Å²) in [4.78, 5) is 0. The fourth-order valence-electron chi connectivity index (χ4n) is 1.77. The predicted octanol–water partition coefficient (Wildman–Crippen LogP) is 5.40. The maximum atomic E-state index is 9.39. The first-order chi connectivity index (χ1) is 10.2. The molecular weight excluding hydrogens is 322 g/mol. The topological polar surface area (TPSA) is 23.8 Å². The Morgan fingerprint density at radius 1 is 0.952 bits per heavy atom. The van der Waals surface area contributed by atoms with Gasteiger partial charge in [-0.25, -0.2) is 0 Å². The van der Waals surface area contributed by atoms with Crippen LogP contribution >= 0.6 is 15.9 Å². The molecule has 0 aliphatic rings. The minimum absolute atomic E-state index is 0.589. The minimum Gasteiger partial charge on any atom is -0.192 e. The third kappa shape index (κ3) is 6.08. The fourth-order valence-corrected chi connectivity index (χ4v) is 2.23. The Kier molecular flexibility index (Phi) is 8.35. The van der Waals surface area contributed by atoms with Crippen LogP contribution in [0.4, 0.5) is 0 Å². The minimum atomic E-state index is 0.589. The quantitative estimate of drug-likeness (QED) is 0.531. The van der Waals surface area contributed by atoms with Gasteiger partial charge in [-0.1, -0.05) is 66.3 Å². The third-order valence-corrected chi connectivity index (χ3v) is 3.43. The lowest BCUT2D eigenvalue weighted by atomic mass is 10.0. The van der Waals surface area contributed by atoms with Crippen LogP contribution in [0.1, 0.15) is 69.1 Å². The molecule has 1 rings (SSSR count). The number of benzene rings is 1. The molecule has 0 bridgehead atoms. The summed E-state index contributed by atoms with van der Waals surface area (Å²) in [5.74, 6) is 12.5. The van der Waals surface area contributed by atoms with Crippen molar-refractivity contribution >= 4 is 15.9 Å². The number of nitriles is 1. The Morgan fingerprint density at radius 2 is 1.43 bits per heavy atom. The van der Waals surface area contributed by atoms with E-state index in [0.717, 1.165) is 54.1 Å².